The summed E-state index contributed by atoms with van der Waals surface area (Å²) >= 11 is 0. The lowest BCUT2D eigenvalue weighted by atomic mass is 10.2. The van der Waals surface area contributed by atoms with Gasteiger partial charge < -0.3 is 14.7 Å². The number of carbonyl (C=O) groups excluding carboxylic acids is 1. The SMILES string of the molecule is Cc1noc2ncnc(NCCN3C(=O)Cc4ccccc43)c12. The van der Waals surface area contributed by atoms with Gasteiger partial charge in [-0.1, -0.05) is 23.4 Å². The van der Waals surface area contributed by atoms with E-state index in [0.717, 1.165) is 22.3 Å². The van der Waals surface area contributed by atoms with E-state index in [0.29, 0.717) is 31.0 Å². The number of nitrogens with zero attached hydrogens (tertiary/aromatic N) is 4. The van der Waals surface area contributed by atoms with Crippen molar-refractivity contribution in [3.63, 3.8) is 0 Å². The number of anilines is 2. The van der Waals surface area contributed by atoms with E-state index >= 15 is 0 Å². The molecular formula is C16H15N5O2. The van der Waals surface area contributed by atoms with Crippen LogP contribution in [0.1, 0.15) is 11.3 Å². The highest BCUT2D eigenvalue weighted by atomic mass is 16.5. The molecule has 23 heavy (non-hydrogen) atoms. The predicted octanol–water partition coefficient (Wildman–Crippen LogP) is 1.93. The molecule has 1 N–H and O–H groups in total. The van der Waals surface area contributed by atoms with Gasteiger partial charge in [-0.2, -0.15) is 4.98 Å². The first-order valence-corrected chi connectivity index (χ1v) is 7.43. The zero-order valence-electron chi connectivity index (χ0n) is 12.6. The summed E-state index contributed by atoms with van der Waals surface area (Å²) in [6.07, 6.45) is 1.91. The van der Waals surface area contributed by atoms with Crippen LogP contribution >= 0.6 is 0 Å². The third-order valence-corrected chi connectivity index (χ3v) is 4.00. The van der Waals surface area contributed by atoms with E-state index in [1.165, 1.54) is 6.33 Å². The number of benzene rings is 1. The normalized spacial score (nSPS) is 13.6. The number of rotatable bonds is 4. The summed E-state index contributed by atoms with van der Waals surface area (Å²) in [5.41, 5.74) is 3.28. The lowest BCUT2D eigenvalue weighted by Crippen LogP contribution is -2.31. The Hall–Kier alpha value is -2.96. The second kappa shape index (κ2) is 5.35. The Morgan fingerprint density at radius 3 is 3.09 bits per heavy atom. The molecular weight excluding hydrogens is 294 g/mol. The van der Waals surface area contributed by atoms with Crippen molar-refractivity contribution < 1.29 is 9.32 Å². The van der Waals surface area contributed by atoms with Crippen molar-refractivity contribution in [2.45, 2.75) is 13.3 Å². The van der Waals surface area contributed by atoms with Crippen molar-refractivity contribution in [1.82, 2.24) is 15.1 Å². The van der Waals surface area contributed by atoms with Gasteiger partial charge in [-0.05, 0) is 18.6 Å². The smallest absolute Gasteiger partial charge is 0.263 e. The number of fused-ring (bicyclic) bond motifs is 2. The van der Waals surface area contributed by atoms with E-state index in [4.69, 9.17) is 4.52 Å². The molecule has 0 bridgehead atoms. The van der Waals surface area contributed by atoms with E-state index in [9.17, 15) is 4.79 Å². The Labute approximate surface area is 132 Å². The van der Waals surface area contributed by atoms with Crippen molar-refractivity contribution in [1.29, 1.82) is 0 Å². The lowest BCUT2D eigenvalue weighted by Gasteiger charge is -2.18. The average molecular weight is 309 g/mol. The van der Waals surface area contributed by atoms with Crippen LogP contribution in [0.3, 0.4) is 0 Å². The number of hydrogen-bond donors (Lipinski definition) is 1. The Balaban J connectivity index is 1.50. The second-order valence-electron chi connectivity index (χ2n) is 5.45. The first-order valence-electron chi connectivity index (χ1n) is 7.43. The molecule has 1 aromatic carbocycles. The molecule has 0 saturated carbocycles. The van der Waals surface area contributed by atoms with Crippen LogP contribution in [0.2, 0.25) is 0 Å². The third-order valence-electron chi connectivity index (χ3n) is 4.00. The molecule has 1 amide bonds. The zero-order chi connectivity index (χ0) is 15.8. The summed E-state index contributed by atoms with van der Waals surface area (Å²) < 4.78 is 5.13. The molecule has 0 saturated heterocycles. The van der Waals surface area contributed by atoms with Crippen LogP contribution in [-0.4, -0.2) is 34.1 Å². The van der Waals surface area contributed by atoms with Gasteiger partial charge in [-0.25, -0.2) is 4.98 Å². The second-order valence-corrected chi connectivity index (χ2v) is 5.45. The maximum absolute atomic E-state index is 12.1. The number of nitrogens with one attached hydrogen (secondary N) is 1. The van der Waals surface area contributed by atoms with Gasteiger partial charge in [0.15, 0.2) is 0 Å². The van der Waals surface area contributed by atoms with Crippen LogP contribution in [-0.2, 0) is 11.2 Å². The topological polar surface area (TPSA) is 84.2 Å². The number of carbonyl (C=O) groups is 1. The van der Waals surface area contributed by atoms with Crippen LogP contribution < -0.4 is 10.2 Å². The van der Waals surface area contributed by atoms with Gasteiger partial charge in [0.05, 0.1) is 12.1 Å². The monoisotopic (exact) mass is 309 g/mol. The largest absolute Gasteiger partial charge is 0.368 e. The van der Waals surface area contributed by atoms with Gasteiger partial charge >= 0.3 is 0 Å². The Bertz CT molecular complexity index is 889. The minimum absolute atomic E-state index is 0.127. The fourth-order valence-corrected chi connectivity index (χ4v) is 2.90. The molecule has 0 unspecified atom stereocenters. The molecule has 3 heterocycles. The molecule has 4 rings (SSSR count). The first kappa shape index (κ1) is 13.7. The van der Waals surface area contributed by atoms with Crippen molar-refractivity contribution >= 4 is 28.5 Å². The Morgan fingerprint density at radius 2 is 2.17 bits per heavy atom. The van der Waals surface area contributed by atoms with Gasteiger partial charge in [0.1, 0.15) is 17.5 Å². The van der Waals surface area contributed by atoms with E-state index in [1.807, 2.05) is 31.2 Å². The lowest BCUT2D eigenvalue weighted by molar-refractivity contribution is -0.117. The molecule has 0 fully saturated rings. The summed E-state index contributed by atoms with van der Waals surface area (Å²) in [4.78, 5) is 22.2. The summed E-state index contributed by atoms with van der Waals surface area (Å²) in [7, 11) is 0. The molecule has 1 aliphatic rings. The van der Waals surface area contributed by atoms with Crippen LogP contribution in [0.15, 0.2) is 35.1 Å². The Morgan fingerprint density at radius 1 is 1.30 bits per heavy atom. The number of amides is 1. The average Bonchev–Trinajstić information content (AvgIpc) is 3.09. The minimum atomic E-state index is 0.127. The molecule has 116 valence electrons. The van der Waals surface area contributed by atoms with Crippen molar-refractivity contribution in [3.8, 4) is 0 Å². The van der Waals surface area contributed by atoms with Crippen LogP contribution in [0.5, 0.6) is 0 Å². The number of aryl methyl sites for hydroxylation is 1. The number of aromatic nitrogens is 3. The van der Waals surface area contributed by atoms with Crippen LogP contribution in [0.4, 0.5) is 11.5 Å². The fraction of sp³-hybridized carbons (Fsp3) is 0.250. The minimum Gasteiger partial charge on any atom is -0.368 e. The van der Waals surface area contributed by atoms with Crippen molar-refractivity contribution in [2.75, 3.05) is 23.3 Å². The highest BCUT2D eigenvalue weighted by molar-refractivity contribution is 6.01. The zero-order valence-corrected chi connectivity index (χ0v) is 12.6. The van der Waals surface area contributed by atoms with Gasteiger partial charge in [0, 0.05) is 18.8 Å². The highest BCUT2D eigenvalue weighted by Crippen LogP contribution is 2.28. The van der Waals surface area contributed by atoms with Gasteiger partial charge in [0.2, 0.25) is 5.91 Å². The molecule has 1 aliphatic heterocycles. The fourth-order valence-electron chi connectivity index (χ4n) is 2.90. The van der Waals surface area contributed by atoms with E-state index in [1.54, 1.807) is 4.90 Å². The summed E-state index contributed by atoms with van der Waals surface area (Å²) in [5, 5.41) is 7.93. The summed E-state index contributed by atoms with van der Waals surface area (Å²) in [6, 6.07) is 7.88. The first-order chi connectivity index (χ1) is 11.2. The van der Waals surface area contributed by atoms with Gasteiger partial charge in [-0.15, -0.1) is 0 Å². The van der Waals surface area contributed by atoms with E-state index in [-0.39, 0.29) is 5.91 Å². The number of para-hydroxylation sites is 1. The maximum Gasteiger partial charge on any atom is 0.263 e. The molecule has 0 radical (unpaired) electrons. The molecule has 7 heteroatoms. The quantitative estimate of drug-likeness (QED) is 0.792. The molecule has 0 atom stereocenters. The molecule has 0 aliphatic carbocycles. The van der Waals surface area contributed by atoms with Crippen molar-refractivity contribution in [3.05, 3.63) is 41.9 Å². The van der Waals surface area contributed by atoms with E-state index in [2.05, 4.69) is 20.4 Å². The predicted molar refractivity (Wildman–Crippen MR) is 85.3 cm³/mol. The molecule has 2 aromatic heterocycles. The summed E-state index contributed by atoms with van der Waals surface area (Å²) in [6.45, 7) is 3.00. The van der Waals surface area contributed by atoms with Gasteiger partial charge in [-0.3, -0.25) is 4.79 Å². The standard InChI is InChI=1S/C16H15N5O2/c1-10-14-15(18-9-19-16(14)23-20-10)17-6-7-21-12-5-3-2-4-11(12)8-13(21)22/h2-5,9H,6-8H2,1H3,(H,17,18,19). The number of hydrogen-bond acceptors (Lipinski definition) is 6. The highest BCUT2D eigenvalue weighted by Gasteiger charge is 2.26. The third kappa shape index (κ3) is 2.30. The van der Waals surface area contributed by atoms with Gasteiger partial charge in [0.25, 0.3) is 5.71 Å². The summed E-state index contributed by atoms with van der Waals surface area (Å²) in [5.74, 6) is 0.802. The maximum atomic E-state index is 12.1. The van der Waals surface area contributed by atoms with Crippen LogP contribution in [0, 0.1) is 6.92 Å². The van der Waals surface area contributed by atoms with Crippen molar-refractivity contribution in [2.24, 2.45) is 0 Å². The molecule has 3 aromatic rings. The van der Waals surface area contributed by atoms with Crippen LogP contribution in [0.25, 0.3) is 11.1 Å². The Kier molecular flexibility index (Phi) is 3.18. The molecule has 7 nitrogen and oxygen atoms in total. The van der Waals surface area contributed by atoms with E-state index < -0.39 is 0 Å². The molecule has 0 spiro atoms.